The molecular formula is C13H13Cl2NO. The molecule has 1 rings (SSSR count). The lowest BCUT2D eigenvalue weighted by Crippen LogP contribution is -2.13. The molecule has 1 aromatic carbocycles. The zero-order chi connectivity index (χ0) is 13.0. The molecule has 0 aliphatic carbocycles. The molecular weight excluding hydrogens is 257 g/mol. The van der Waals surface area contributed by atoms with Gasteiger partial charge in [0.05, 0.1) is 6.07 Å². The molecule has 0 bridgehead atoms. The van der Waals surface area contributed by atoms with Crippen molar-refractivity contribution in [2.45, 2.75) is 26.2 Å². The van der Waals surface area contributed by atoms with E-state index in [1.165, 1.54) is 0 Å². The molecule has 0 heterocycles. The lowest BCUT2D eigenvalue weighted by molar-refractivity contribution is -0.120. The highest BCUT2D eigenvalue weighted by Crippen LogP contribution is 2.29. The second-order valence-corrected chi connectivity index (χ2v) is 5.14. The van der Waals surface area contributed by atoms with Gasteiger partial charge in [-0.2, -0.15) is 5.26 Å². The molecule has 0 N–H and O–H groups in total. The Labute approximate surface area is 111 Å². The minimum absolute atomic E-state index is 0.105. The number of nitrogens with zero attached hydrogens (tertiary/aromatic N) is 1. The fourth-order valence-electron chi connectivity index (χ4n) is 1.57. The molecule has 1 aromatic rings. The molecule has 1 atom stereocenters. The molecule has 0 fully saturated rings. The van der Waals surface area contributed by atoms with Gasteiger partial charge in [0.1, 0.15) is 5.92 Å². The van der Waals surface area contributed by atoms with Crippen LogP contribution in [-0.4, -0.2) is 5.78 Å². The fraction of sp³-hybridized carbons (Fsp3) is 0.385. The average Bonchev–Trinajstić information content (AvgIpc) is 2.21. The van der Waals surface area contributed by atoms with E-state index in [2.05, 4.69) is 0 Å². The van der Waals surface area contributed by atoms with Crippen LogP contribution in [0.1, 0.15) is 31.7 Å². The summed E-state index contributed by atoms with van der Waals surface area (Å²) in [6, 6.07) is 6.82. The number of carbonyl (C=O) groups excluding carboxylic acids is 1. The van der Waals surface area contributed by atoms with Crippen LogP contribution in [0.3, 0.4) is 0 Å². The topological polar surface area (TPSA) is 40.9 Å². The summed E-state index contributed by atoms with van der Waals surface area (Å²) in [7, 11) is 0. The molecule has 0 spiro atoms. The summed E-state index contributed by atoms with van der Waals surface area (Å²) in [5.41, 5.74) is 0.532. The highest BCUT2D eigenvalue weighted by atomic mass is 35.5. The zero-order valence-corrected chi connectivity index (χ0v) is 11.2. The predicted octanol–water partition coefficient (Wildman–Crippen LogP) is 4.22. The van der Waals surface area contributed by atoms with Crippen molar-refractivity contribution < 1.29 is 4.79 Å². The molecule has 0 aromatic heterocycles. The minimum atomic E-state index is -0.804. The normalized spacial score (nSPS) is 12.2. The standard InChI is InChI=1S/C13H13Cl2NO/c1-8(2)5-13(17)11(7-16)10-4-3-9(14)6-12(10)15/h3-4,6,8,11H,5H2,1-2H3. The van der Waals surface area contributed by atoms with Crippen LogP contribution in [0.25, 0.3) is 0 Å². The van der Waals surface area contributed by atoms with Gasteiger partial charge >= 0.3 is 0 Å². The van der Waals surface area contributed by atoms with Gasteiger partial charge in [0.15, 0.2) is 5.78 Å². The van der Waals surface area contributed by atoms with Crippen molar-refractivity contribution in [3.8, 4) is 6.07 Å². The van der Waals surface area contributed by atoms with Crippen molar-refractivity contribution in [2.24, 2.45) is 5.92 Å². The Morgan fingerprint density at radius 3 is 2.53 bits per heavy atom. The van der Waals surface area contributed by atoms with E-state index < -0.39 is 5.92 Å². The third-order valence-corrected chi connectivity index (χ3v) is 2.90. The molecule has 4 heteroatoms. The minimum Gasteiger partial charge on any atom is -0.298 e. The van der Waals surface area contributed by atoms with Crippen molar-refractivity contribution in [1.82, 2.24) is 0 Å². The summed E-state index contributed by atoms with van der Waals surface area (Å²) in [6.45, 7) is 3.88. The SMILES string of the molecule is CC(C)CC(=O)C(C#N)c1ccc(Cl)cc1Cl. The van der Waals surface area contributed by atoms with Gasteiger partial charge in [0.2, 0.25) is 0 Å². The highest BCUT2D eigenvalue weighted by Gasteiger charge is 2.23. The van der Waals surface area contributed by atoms with Crippen LogP contribution in [-0.2, 0) is 4.79 Å². The first kappa shape index (κ1) is 14.0. The van der Waals surface area contributed by atoms with Gasteiger partial charge < -0.3 is 0 Å². The van der Waals surface area contributed by atoms with E-state index in [0.717, 1.165) is 0 Å². The Morgan fingerprint density at radius 1 is 1.41 bits per heavy atom. The smallest absolute Gasteiger partial charge is 0.154 e. The maximum atomic E-state index is 11.9. The fourth-order valence-corrected chi connectivity index (χ4v) is 2.09. The summed E-state index contributed by atoms with van der Waals surface area (Å²) in [6.07, 6.45) is 0.372. The predicted molar refractivity (Wildman–Crippen MR) is 69.3 cm³/mol. The molecule has 90 valence electrons. The van der Waals surface area contributed by atoms with Crippen LogP contribution >= 0.6 is 23.2 Å². The number of hydrogen-bond donors (Lipinski definition) is 0. The molecule has 2 nitrogen and oxygen atoms in total. The van der Waals surface area contributed by atoms with E-state index in [4.69, 9.17) is 28.5 Å². The van der Waals surface area contributed by atoms with Crippen LogP contribution in [0.2, 0.25) is 10.0 Å². The Balaban J connectivity index is 3.02. The van der Waals surface area contributed by atoms with Crippen molar-refractivity contribution in [1.29, 1.82) is 5.26 Å². The quantitative estimate of drug-likeness (QED) is 0.822. The van der Waals surface area contributed by atoms with Crippen LogP contribution in [0.5, 0.6) is 0 Å². The van der Waals surface area contributed by atoms with Crippen LogP contribution in [0.15, 0.2) is 18.2 Å². The van der Waals surface area contributed by atoms with Gasteiger partial charge in [-0.15, -0.1) is 0 Å². The van der Waals surface area contributed by atoms with Gasteiger partial charge in [0, 0.05) is 16.5 Å². The Hall–Kier alpha value is -1.04. The van der Waals surface area contributed by atoms with Gasteiger partial charge in [-0.3, -0.25) is 4.79 Å². The lowest BCUT2D eigenvalue weighted by atomic mass is 9.91. The molecule has 0 aliphatic heterocycles. The number of nitriles is 1. The lowest BCUT2D eigenvalue weighted by Gasteiger charge is -2.12. The number of hydrogen-bond acceptors (Lipinski definition) is 2. The number of rotatable bonds is 4. The first-order valence-electron chi connectivity index (χ1n) is 5.33. The van der Waals surface area contributed by atoms with Gasteiger partial charge in [0.25, 0.3) is 0 Å². The van der Waals surface area contributed by atoms with E-state index in [9.17, 15) is 4.79 Å². The maximum absolute atomic E-state index is 11.9. The first-order chi connectivity index (χ1) is 7.95. The second kappa shape index (κ2) is 6.05. The number of benzene rings is 1. The largest absolute Gasteiger partial charge is 0.298 e. The number of halogens is 2. The maximum Gasteiger partial charge on any atom is 0.154 e. The highest BCUT2D eigenvalue weighted by molar-refractivity contribution is 6.35. The third-order valence-electron chi connectivity index (χ3n) is 2.33. The summed E-state index contributed by atoms with van der Waals surface area (Å²) in [5, 5.41) is 9.95. The van der Waals surface area contributed by atoms with Crippen molar-refractivity contribution in [3.05, 3.63) is 33.8 Å². The molecule has 17 heavy (non-hydrogen) atoms. The second-order valence-electron chi connectivity index (χ2n) is 4.29. The first-order valence-corrected chi connectivity index (χ1v) is 6.08. The molecule has 0 saturated carbocycles. The zero-order valence-electron chi connectivity index (χ0n) is 9.71. The molecule has 0 radical (unpaired) electrons. The van der Waals surface area contributed by atoms with Crippen LogP contribution in [0, 0.1) is 17.2 Å². The van der Waals surface area contributed by atoms with Crippen LogP contribution in [0.4, 0.5) is 0 Å². The van der Waals surface area contributed by atoms with E-state index in [-0.39, 0.29) is 11.7 Å². The Bertz CT molecular complexity index is 463. The van der Waals surface area contributed by atoms with Gasteiger partial charge in [-0.25, -0.2) is 0 Å². The van der Waals surface area contributed by atoms with Crippen molar-refractivity contribution in [2.75, 3.05) is 0 Å². The summed E-state index contributed by atoms with van der Waals surface area (Å²) >= 11 is 11.8. The average molecular weight is 270 g/mol. The van der Waals surface area contributed by atoms with Crippen LogP contribution < -0.4 is 0 Å². The number of Topliss-reactive ketones (excluding diaryl/α,β-unsaturated/α-hetero) is 1. The van der Waals surface area contributed by atoms with E-state index in [1.54, 1.807) is 18.2 Å². The number of carbonyl (C=O) groups is 1. The molecule has 0 amide bonds. The molecule has 1 unspecified atom stereocenters. The Kier molecular flexibility index (Phi) is 4.99. The van der Waals surface area contributed by atoms with E-state index in [1.807, 2.05) is 19.9 Å². The number of ketones is 1. The summed E-state index contributed by atoms with van der Waals surface area (Å²) < 4.78 is 0. The summed E-state index contributed by atoms with van der Waals surface area (Å²) in [4.78, 5) is 11.9. The molecule has 0 aliphatic rings. The Morgan fingerprint density at radius 2 is 2.06 bits per heavy atom. The van der Waals surface area contributed by atoms with Gasteiger partial charge in [-0.05, 0) is 23.6 Å². The monoisotopic (exact) mass is 269 g/mol. The molecule has 0 saturated heterocycles. The van der Waals surface area contributed by atoms with Crippen molar-refractivity contribution in [3.63, 3.8) is 0 Å². The van der Waals surface area contributed by atoms with Gasteiger partial charge in [-0.1, -0.05) is 43.1 Å². The summed E-state index contributed by atoms with van der Waals surface area (Å²) in [5.74, 6) is -0.682. The van der Waals surface area contributed by atoms with Crippen molar-refractivity contribution >= 4 is 29.0 Å². The van der Waals surface area contributed by atoms with E-state index in [0.29, 0.717) is 22.0 Å². The third kappa shape index (κ3) is 3.73. The van der Waals surface area contributed by atoms with E-state index >= 15 is 0 Å².